The lowest BCUT2D eigenvalue weighted by Crippen LogP contribution is -2.01. The number of nitrogens with zero attached hydrogens (tertiary/aromatic N) is 4. The summed E-state index contributed by atoms with van der Waals surface area (Å²) in [5, 5.41) is 4.30. The Labute approximate surface area is 102 Å². The maximum atomic E-state index is 5.58. The van der Waals surface area contributed by atoms with Crippen LogP contribution in [0.2, 0.25) is 0 Å². The summed E-state index contributed by atoms with van der Waals surface area (Å²) >= 11 is 1.37. The molecule has 2 heterocycles. The Balaban J connectivity index is 2.15. The summed E-state index contributed by atoms with van der Waals surface area (Å²) in [6.45, 7) is 3.67. The van der Waals surface area contributed by atoms with E-state index in [9.17, 15) is 0 Å². The monoisotopic (exact) mass is 252 g/mol. The van der Waals surface area contributed by atoms with Crippen LogP contribution in [0.5, 0.6) is 0 Å². The summed E-state index contributed by atoms with van der Waals surface area (Å²) in [6, 6.07) is 1.51. The van der Waals surface area contributed by atoms with Crippen LogP contribution in [0.1, 0.15) is 23.9 Å². The van der Waals surface area contributed by atoms with E-state index in [0.717, 1.165) is 0 Å². The minimum atomic E-state index is -0.0337. The number of hydrogen-bond acceptors (Lipinski definition) is 8. The van der Waals surface area contributed by atoms with E-state index in [1.54, 1.807) is 6.92 Å². The van der Waals surface area contributed by atoms with Gasteiger partial charge in [-0.05, 0) is 6.92 Å². The molecule has 8 heteroatoms. The number of aryl methyl sites for hydroxylation is 1. The van der Waals surface area contributed by atoms with Crippen LogP contribution in [0.3, 0.4) is 0 Å². The van der Waals surface area contributed by atoms with Crippen molar-refractivity contribution < 1.29 is 4.52 Å². The summed E-state index contributed by atoms with van der Waals surface area (Å²) in [5.74, 6) is 1.81. The average molecular weight is 252 g/mol. The molecule has 0 aromatic carbocycles. The van der Waals surface area contributed by atoms with Crippen LogP contribution in [0.25, 0.3) is 0 Å². The van der Waals surface area contributed by atoms with Gasteiger partial charge in [0.05, 0.1) is 5.25 Å². The highest BCUT2D eigenvalue weighted by Crippen LogP contribution is 2.31. The normalized spacial score (nSPS) is 12.6. The number of nitrogen functional groups attached to an aromatic ring is 2. The first-order chi connectivity index (χ1) is 8.04. The van der Waals surface area contributed by atoms with Crippen LogP contribution < -0.4 is 11.5 Å². The molecule has 7 nitrogen and oxygen atoms in total. The molecule has 0 amide bonds. The molecule has 2 aromatic heterocycles. The van der Waals surface area contributed by atoms with Gasteiger partial charge in [-0.1, -0.05) is 16.9 Å². The third-order valence-corrected chi connectivity index (χ3v) is 2.89. The Bertz CT molecular complexity index is 508. The second-order valence-electron chi connectivity index (χ2n) is 3.43. The van der Waals surface area contributed by atoms with Crippen molar-refractivity contribution in [1.29, 1.82) is 0 Å². The molecule has 0 aliphatic carbocycles. The van der Waals surface area contributed by atoms with E-state index >= 15 is 0 Å². The Hall–Kier alpha value is -1.83. The van der Waals surface area contributed by atoms with Crippen molar-refractivity contribution in [2.75, 3.05) is 11.5 Å². The fourth-order valence-corrected chi connectivity index (χ4v) is 2.04. The standard InChI is InChI=1S/C9H12N6OS/c1-4(8-12-5(2)16-15-8)17-9-13-6(10)3-7(11)14-9/h3-4H,1-2H3,(H4,10,11,13,14)/t4-/m0/s1. The second kappa shape index (κ2) is 4.58. The van der Waals surface area contributed by atoms with Crippen molar-refractivity contribution in [1.82, 2.24) is 20.1 Å². The molecule has 90 valence electrons. The molecule has 0 spiro atoms. The van der Waals surface area contributed by atoms with Crippen LogP contribution in [0.15, 0.2) is 15.7 Å². The molecule has 1 atom stereocenters. The van der Waals surface area contributed by atoms with Gasteiger partial charge in [-0.15, -0.1) is 0 Å². The van der Waals surface area contributed by atoms with E-state index in [1.165, 1.54) is 17.8 Å². The summed E-state index contributed by atoms with van der Waals surface area (Å²) in [7, 11) is 0. The smallest absolute Gasteiger partial charge is 0.223 e. The fraction of sp³-hybridized carbons (Fsp3) is 0.333. The molecule has 4 N–H and O–H groups in total. The third kappa shape index (κ3) is 2.84. The largest absolute Gasteiger partial charge is 0.383 e. The van der Waals surface area contributed by atoms with Gasteiger partial charge in [-0.25, -0.2) is 9.97 Å². The Morgan fingerprint density at radius 1 is 1.24 bits per heavy atom. The van der Waals surface area contributed by atoms with Gasteiger partial charge in [0.2, 0.25) is 5.89 Å². The lowest BCUT2D eigenvalue weighted by Gasteiger charge is -2.06. The van der Waals surface area contributed by atoms with Crippen LogP contribution in [-0.2, 0) is 0 Å². The Kier molecular flexibility index (Phi) is 3.14. The van der Waals surface area contributed by atoms with Crippen molar-refractivity contribution in [3.63, 3.8) is 0 Å². The fourth-order valence-electron chi connectivity index (χ4n) is 1.21. The van der Waals surface area contributed by atoms with Crippen LogP contribution >= 0.6 is 11.8 Å². The van der Waals surface area contributed by atoms with Gasteiger partial charge < -0.3 is 16.0 Å². The first-order valence-corrected chi connectivity index (χ1v) is 5.79. The van der Waals surface area contributed by atoms with Crippen molar-refractivity contribution >= 4 is 23.4 Å². The molecule has 0 radical (unpaired) electrons. The van der Waals surface area contributed by atoms with E-state index in [1.807, 2.05) is 6.92 Å². The minimum Gasteiger partial charge on any atom is -0.383 e. The number of aromatic nitrogens is 4. The first kappa shape index (κ1) is 11.6. The quantitative estimate of drug-likeness (QED) is 0.617. The maximum absolute atomic E-state index is 5.58. The highest BCUT2D eigenvalue weighted by molar-refractivity contribution is 7.99. The van der Waals surface area contributed by atoms with Gasteiger partial charge >= 0.3 is 0 Å². The number of thioether (sulfide) groups is 1. The zero-order valence-corrected chi connectivity index (χ0v) is 10.2. The Morgan fingerprint density at radius 3 is 2.41 bits per heavy atom. The molecular formula is C9H12N6OS. The SMILES string of the molecule is Cc1nc([C@H](C)Sc2nc(N)cc(N)n2)no1. The molecule has 0 saturated carbocycles. The molecule has 0 aliphatic rings. The molecule has 0 unspecified atom stereocenters. The van der Waals surface area contributed by atoms with Crippen molar-refractivity contribution in [2.24, 2.45) is 0 Å². The molecule has 0 fully saturated rings. The molecule has 0 aliphatic heterocycles. The van der Waals surface area contributed by atoms with Gasteiger partial charge in [0.15, 0.2) is 11.0 Å². The molecule has 2 rings (SSSR count). The molecule has 17 heavy (non-hydrogen) atoms. The lowest BCUT2D eigenvalue weighted by atomic mass is 10.4. The zero-order chi connectivity index (χ0) is 12.4. The van der Waals surface area contributed by atoms with E-state index in [4.69, 9.17) is 16.0 Å². The summed E-state index contributed by atoms with van der Waals surface area (Å²) in [4.78, 5) is 12.3. The van der Waals surface area contributed by atoms with E-state index in [0.29, 0.717) is 28.5 Å². The van der Waals surface area contributed by atoms with E-state index in [2.05, 4.69) is 20.1 Å². The van der Waals surface area contributed by atoms with Crippen LogP contribution in [0, 0.1) is 6.92 Å². The van der Waals surface area contributed by atoms with Crippen LogP contribution in [-0.4, -0.2) is 20.1 Å². The van der Waals surface area contributed by atoms with Crippen molar-refractivity contribution in [2.45, 2.75) is 24.3 Å². The molecule has 2 aromatic rings. The predicted molar refractivity (Wildman–Crippen MR) is 64.2 cm³/mol. The number of rotatable bonds is 3. The van der Waals surface area contributed by atoms with Gasteiger partial charge in [-0.3, -0.25) is 0 Å². The molecule has 0 bridgehead atoms. The van der Waals surface area contributed by atoms with Gasteiger partial charge in [-0.2, -0.15) is 4.98 Å². The highest BCUT2D eigenvalue weighted by atomic mass is 32.2. The molecular weight excluding hydrogens is 240 g/mol. The molecule has 0 saturated heterocycles. The van der Waals surface area contributed by atoms with Crippen LogP contribution in [0.4, 0.5) is 11.6 Å². The Morgan fingerprint density at radius 2 is 1.88 bits per heavy atom. The topological polar surface area (TPSA) is 117 Å². The third-order valence-electron chi connectivity index (χ3n) is 1.93. The minimum absolute atomic E-state index is 0.0337. The number of nitrogens with two attached hydrogens (primary N) is 2. The van der Waals surface area contributed by atoms with Crippen molar-refractivity contribution in [3.8, 4) is 0 Å². The summed E-state index contributed by atoms with van der Waals surface area (Å²) < 4.78 is 4.91. The summed E-state index contributed by atoms with van der Waals surface area (Å²) in [6.07, 6.45) is 0. The van der Waals surface area contributed by atoms with Crippen molar-refractivity contribution in [3.05, 3.63) is 17.8 Å². The number of hydrogen-bond donors (Lipinski definition) is 2. The average Bonchev–Trinajstić information content (AvgIpc) is 2.63. The number of anilines is 2. The van der Waals surface area contributed by atoms with Gasteiger partial charge in [0.1, 0.15) is 11.6 Å². The van der Waals surface area contributed by atoms with Gasteiger partial charge in [0, 0.05) is 13.0 Å². The lowest BCUT2D eigenvalue weighted by molar-refractivity contribution is 0.387. The summed E-state index contributed by atoms with van der Waals surface area (Å²) in [5.41, 5.74) is 11.2. The van der Waals surface area contributed by atoms with E-state index < -0.39 is 0 Å². The maximum Gasteiger partial charge on any atom is 0.223 e. The highest BCUT2D eigenvalue weighted by Gasteiger charge is 2.15. The second-order valence-corrected chi connectivity index (χ2v) is 4.74. The van der Waals surface area contributed by atoms with E-state index in [-0.39, 0.29) is 5.25 Å². The zero-order valence-electron chi connectivity index (χ0n) is 9.41. The van der Waals surface area contributed by atoms with Gasteiger partial charge in [0.25, 0.3) is 0 Å². The predicted octanol–water partition coefficient (Wildman–Crippen LogP) is 1.19. The first-order valence-electron chi connectivity index (χ1n) is 4.91.